The Morgan fingerprint density at radius 2 is 2.33 bits per heavy atom. The Bertz CT molecular complexity index is 396. The lowest BCUT2D eigenvalue weighted by molar-refractivity contribution is 0.445. The van der Waals surface area contributed by atoms with Crippen LogP contribution < -0.4 is 5.32 Å². The third-order valence-electron chi connectivity index (χ3n) is 4.24. The molecule has 1 fully saturated rings. The third kappa shape index (κ3) is 2.59. The maximum atomic E-state index is 4.41. The average Bonchev–Trinajstić information content (AvgIpc) is 2.80. The topological polar surface area (TPSA) is 29.9 Å². The summed E-state index contributed by atoms with van der Waals surface area (Å²) in [6, 6.07) is 0.546. The SMILES string of the molecule is Cn1ncc2c1CCCC2NCC1CCCCS1. The number of nitrogens with zero attached hydrogens (tertiary/aromatic N) is 2. The summed E-state index contributed by atoms with van der Waals surface area (Å²) >= 11 is 2.15. The summed E-state index contributed by atoms with van der Waals surface area (Å²) in [6.07, 6.45) is 10.1. The van der Waals surface area contributed by atoms with Crippen LogP contribution in [-0.2, 0) is 13.5 Å². The molecule has 0 radical (unpaired) electrons. The van der Waals surface area contributed by atoms with Gasteiger partial charge in [0.15, 0.2) is 0 Å². The minimum Gasteiger partial charge on any atom is -0.309 e. The first-order valence-corrected chi connectivity index (χ1v) is 8.25. The number of aryl methyl sites for hydroxylation is 1. The molecule has 1 aromatic heterocycles. The lowest BCUT2D eigenvalue weighted by Gasteiger charge is -2.27. The lowest BCUT2D eigenvalue weighted by Crippen LogP contribution is -2.32. The number of hydrogen-bond acceptors (Lipinski definition) is 3. The van der Waals surface area contributed by atoms with E-state index in [2.05, 4.69) is 40.1 Å². The van der Waals surface area contributed by atoms with Crippen LogP contribution in [0.4, 0.5) is 0 Å². The standard InChI is InChI=1S/C14H23N3S/c1-17-14-7-4-6-13(12(14)10-16-17)15-9-11-5-2-3-8-18-11/h10-11,13,15H,2-9H2,1H3. The molecule has 2 heterocycles. The van der Waals surface area contributed by atoms with Gasteiger partial charge in [0, 0.05) is 36.1 Å². The Kier molecular flexibility index (Phi) is 3.94. The van der Waals surface area contributed by atoms with Crippen LogP contribution in [0.3, 0.4) is 0 Å². The number of aromatic nitrogens is 2. The van der Waals surface area contributed by atoms with E-state index >= 15 is 0 Å². The fraction of sp³-hybridized carbons (Fsp3) is 0.786. The predicted octanol–water partition coefficient (Wildman–Crippen LogP) is 2.67. The molecule has 0 bridgehead atoms. The highest BCUT2D eigenvalue weighted by Crippen LogP contribution is 2.30. The third-order valence-corrected chi connectivity index (χ3v) is 5.64. The average molecular weight is 265 g/mol. The number of hydrogen-bond donors (Lipinski definition) is 1. The Balaban J connectivity index is 1.60. The van der Waals surface area contributed by atoms with Gasteiger partial charge in [0.2, 0.25) is 0 Å². The van der Waals surface area contributed by atoms with E-state index < -0.39 is 0 Å². The van der Waals surface area contributed by atoms with Crippen molar-refractivity contribution in [1.29, 1.82) is 0 Å². The van der Waals surface area contributed by atoms with Gasteiger partial charge in [0.25, 0.3) is 0 Å². The molecule has 4 heteroatoms. The van der Waals surface area contributed by atoms with Crippen LogP contribution in [0.2, 0.25) is 0 Å². The van der Waals surface area contributed by atoms with Gasteiger partial charge < -0.3 is 5.32 Å². The van der Waals surface area contributed by atoms with E-state index in [-0.39, 0.29) is 0 Å². The zero-order valence-corrected chi connectivity index (χ0v) is 12.0. The van der Waals surface area contributed by atoms with Crippen LogP contribution in [0.1, 0.15) is 49.4 Å². The monoisotopic (exact) mass is 265 g/mol. The maximum Gasteiger partial charge on any atom is 0.0540 e. The van der Waals surface area contributed by atoms with Crippen LogP contribution in [0.5, 0.6) is 0 Å². The van der Waals surface area contributed by atoms with E-state index in [4.69, 9.17) is 0 Å². The quantitative estimate of drug-likeness (QED) is 0.911. The normalized spacial score (nSPS) is 28.1. The van der Waals surface area contributed by atoms with Crippen molar-refractivity contribution in [2.45, 2.75) is 49.8 Å². The summed E-state index contributed by atoms with van der Waals surface area (Å²) in [5.74, 6) is 1.36. The van der Waals surface area contributed by atoms with Gasteiger partial charge in [0.1, 0.15) is 0 Å². The second-order valence-electron chi connectivity index (χ2n) is 5.51. The van der Waals surface area contributed by atoms with Crippen LogP contribution in [0.25, 0.3) is 0 Å². The van der Waals surface area contributed by atoms with Crippen LogP contribution in [-0.4, -0.2) is 27.3 Å². The van der Waals surface area contributed by atoms with Gasteiger partial charge in [-0.05, 0) is 37.9 Å². The van der Waals surface area contributed by atoms with Crippen molar-refractivity contribution in [1.82, 2.24) is 15.1 Å². The van der Waals surface area contributed by atoms with Crippen molar-refractivity contribution in [3.63, 3.8) is 0 Å². The second kappa shape index (κ2) is 5.66. The van der Waals surface area contributed by atoms with Gasteiger partial charge in [0.05, 0.1) is 6.20 Å². The molecule has 0 saturated carbocycles. The van der Waals surface area contributed by atoms with Crippen LogP contribution >= 0.6 is 11.8 Å². The molecular weight excluding hydrogens is 242 g/mol. The van der Waals surface area contributed by atoms with E-state index in [0.717, 1.165) is 5.25 Å². The highest BCUT2D eigenvalue weighted by molar-refractivity contribution is 7.99. The predicted molar refractivity (Wildman–Crippen MR) is 77.0 cm³/mol. The zero-order valence-electron chi connectivity index (χ0n) is 11.2. The first-order chi connectivity index (χ1) is 8.84. The first kappa shape index (κ1) is 12.5. The van der Waals surface area contributed by atoms with Gasteiger partial charge >= 0.3 is 0 Å². The Labute approximate surface area is 114 Å². The largest absolute Gasteiger partial charge is 0.309 e. The molecule has 2 aliphatic rings. The van der Waals surface area contributed by atoms with Crippen molar-refractivity contribution in [2.24, 2.45) is 7.05 Å². The Hall–Kier alpha value is -0.480. The molecule has 1 saturated heterocycles. The van der Waals surface area contributed by atoms with E-state index in [1.165, 1.54) is 62.1 Å². The summed E-state index contributed by atoms with van der Waals surface area (Å²) in [5.41, 5.74) is 2.89. The van der Waals surface area contributed by atoms with E-state index in [0.29, 0.717) is 6.04 Å². The number of thioether (sulfide) groups is 1. The van der Waals surface area contributed by atoms with Crippen molar-refractivity contribution >= 4 is 11.8 Å². The van der Waals surface area contributed by atoms with Gasteiger partial charge in [-0.3, -0.25) is 4.68 Å². The van der Waals surface area contributed by atoms with Crippen LogP contribution in [0.15, 0.2) is 6.20 Å². The Morgan fingerprint density at radius 1 is 1.39 bits per heavy atom. The Morgan fingerprint density at radius 3 is 3.17 bits per heavy atom. The molecule has 18 heavy (non-hydrogen) atoms. The van der Waals surface area contributed by atoms with Crippen molar-refractivity contribution in [3.8, 4) is 0 Å². The molecule has 1 aromatic rings. The molecule has 1 aliphatic heterocycles. The van der Waals surface area contributed by atoms with Crippen molar-refractivity contribution in [2.75, 3.05) is 12.3 Å². The molecule has 3 nitrogen and oxygen atoms in total. The fourth-order valence-electron chi connectivity index (χ4n) is 3.16. The van der Waals surface area contributed by atoms with E-state index in [9.17, 15) is 0 Å². The summed E-state index contributed by atoms with van der Waals surface area (Å²) in [5, 5.41) is 9.04. The minimum atomic E-state index is 0.546. The molecule has 2 atom stereocenters. The second-order valence-corrected chi connectivity index (χ2v) is 6.92. The summed E-state index contributed by atoms with van der Waals surface area (Å²) in [4.78, 5) is 0. The van der Waals surface area contributed by atoms with Gasteiger partial charge in [-0.1, -0.05) is 6.42 Å². The van der Waals surface area contributed by atoms with E-state index in [1.54, 1.807) is 0 Å². The summed E-state index contributed by atoms with van der Waals surface area (Å²) in [6.45, 7) is 1.17. The van der Waals surface area contributed by atoms with Crippen molar-refractivity contribution < 1.29 is 0 Å². The molecule has 1 N–H and O–H groups in total. The van der Waals surface area contributed by atoms with Gasteiger partial charge in [-0.15, -0.1) is 0 Å². The van der Waals surface area contributed by atoms with Crippen molar-refractivity contribution in [3.05, 3.63) is 17.5 Å². The van der Waals surface area contributed by atoms with Crippen LogP contribution in [0, 0.1) is 0 Å². The smallest absolute Gasteiger partial charge is 0.0540 e. The molecule has 0 amide bonds. The zero-order chi connectivity index (χ0) is 12.4. The maximum absolute atomic E-state index is 4.41. The van der Waals surface area contributed by atoms with Gasteiger partial charge in [-0.25, -0.2) is 0 Å². The molecule has 100 valence electrons. The first-order valence-electron chi connectivity index (χ1n) is 7.20. The minimum absolute atomic E-state index is 0.546. The highest BCUT2D eigenvalue weighted by atomic mass is 32.2. The number of fused-ring (bicyclic) bond motifs is 1. The number of nitrogens with one attached hydrogen (secondary N) is 1. The molecular formula is C14H23N3S. The lowest BCUT2D eigenvalue weighted by atomic mass is 9.93. The highest BCUT2D eigenvalue weighted by Gasteiger charge is 2.24. The summed E-state index contributed by atoms with van der Waals surface area (Å²) < 4.78 is 2.05. The number of rotatable bonds is 3. The molecule has 0 aromatic carbocycles. The molecule has 2 unspecified atom stereocenters. The summed E-state index contributed by atoms with van der Waals surface area (Å²) in [7, 11) is 2.07. The fourth-order valence-corrected chi connectivity index (χ4v) is 4.41. The molecule has 3 rings (SSSR count). The van der Waals surface area contributed by atoms with Gasteiger partial charge in [-0.2, -0.15) is 16.9 Å². The van der Waals surface area contributed by atoms with E-state index in [1.807, 2.05) is 0 Å². The molecule has 0 spiro atoms. The molecule has 1 aliphatic carbocycles.